The molecule has 0 saturated carbocycles. The van der Waals surface area contributed by atoms with Crippen LogP contribution in [0.5, 0.6) is 0 Å². The lowest BCUT2D eigenvalue weighted by molar-refractivity contribution is -0.388. The fraction of sp³-hybridized carbons (Fsp3) is 0.957. The quantitative estimate of drug-likeness (QED) is 0.0344. The lowest BCUT2D eigenvalue weighted by atomic mass is 9.84. The number of unbranched alkanes of at least 4 members (excludes halogenated alkanes) is 14. The van der Waals surface area contributed by atoms with Crippen molar-refractivity contribution in [2.45, 2.75) is 246 Å². The van der Waals surface area contributed by atoms with Crippen LogP contribution >= 0.6 is 0 Å². The molecule has 0 spiro atoms. The van der Waals surface area contributed by atoms with E-state index in [0.29, 0.717) is 6.42 Å². The molecular weight excluding hydrogens is 902 g/mol. The maximum Gasteiger partial charge on any atom is 0.364 e. The molecule has 0 radical (unpaired) electrons. The van der Waals surface area contributed by atoms with Crippen molar-refractivity contribution in [2.75, 3.05) is 26.4 Å². The molecule has 0 aromatic heterocycles. The Balaban J connectivity index is 1.60. The van der Waals surface area contributed by atoms with E-state index in [4.69, 9.17) is 28.4 Å². The predicted octanol–water partition coefficient (Wildman–Crippen LogP) is -1.19. The van der Waals surface area contributed by atoms with Gasteiger partial charge in [0.2, 0.25) is 5.91 Å². The van der Waals surface area contributed by atoms with Gasteiger partial charge in [0.15, 0.2) is 12.6 Å². The first-order valence-electron chi connectivity index (χ1n) is 24.8. The van der Waals surface area contributed by atoms with Crippen LogP contribution in [-0.2, 0) is 38.0 Å². The number of rotatable bonds is 33. The summed E-state index contributed by atoms with van der Waals surface area (Å²) in [5, 5.41) is 141. The van der Waals surface area contributed by atoms with E-state index in [0.717, 1.165) is 25.7 Å². The predicted molar refractivity (Wildman–Crippen MR) is 239 cm³/mol. The molecule has 14 N–H and O–H groups in total. The van der Waals surface area contributed by atoms with E-state index in [1.807, 2.05) is 0 Å². The summed E-state index contributed by atoms with van der Waals surface area (Å²) in [7, 11) is 0. The average Bonchev–Trinajstić information content (AvgIpc) is 3.32. The van der Waals surface area contributed by atoms with Crippen LogP contribution < -0.4 is 5.32 Å². The Bertz CT molecular complexity index is 1400. The number of aliphatic carboxylic acids is 1. The Morgan fingerprint density at radius 1 is 0.691 bits per heavy atom. The molecule has 3 rings (SSSR count). The van der Waals surface area contributed by atoms with Gasteiger partial charge in [-0.15, -0.1) is 0 Å². The topological polar surface area (TPSA) is 365 Å². The van der Waals surface area contributed by atoms with Crippen LogP contribution in [0.1, 0.15) is 136 Å². The summed E-state index contributed by atoms with van der Waals surface area (Å²) in [6.45, 7) is 1.85. The lowest BCUT2D eigenvalue weighted by Crippen LogP contribution is -2.68. The van der Waals surface area contributed by atoms with Crippen molar-refractivity contribution in [1.82, 2.24) is 5.32 Å². The van der Waals surface area contributed by atoms with Gasteiger partial charge >= 0.3 is 5.97 Å². The number of aliphatic hydroxyl groups excluding tert-OH is 12. The SMILES string of the molecule is CCCCCCCCCCCCCCCCCC(=O)N[C@@H](CO[C@H]1O[C@H](CO)[C@@H](O[C@@H]2OC(CO)[C@H](O)[C@H](OC3(C(=O)O)CC(O)[C@H](C)[C@H]([C@H](O)[C@H](O)CO)O3)C2O)C(O)C1O)[C@H](O)[C@H](O)CC. The minimum atomic E-state index is -2.92. The van der Waals surface area contributed by atoms with Crippen LogP contribution in [0.25, 0.3) is 0 Å². The minimum absolute atomic E-state index is 0.124. The van der Waals surface area contributed by atoms with E-state index in [1.165, 1.54) is 71.1 Å². The van der Waals surface area contributed by atoms with Crippen molar-refractivity contribution >= 4 is 11.9 Å². The third-order valence-corrected chi connectivity index (χ3v) is 13.5. The lowest BCUT2D eigenvalue weighted by Gasteiger charge is -2.50. The highest BCUT2D eigenvalue weighted by atomic mass is 16.8. The van der Waals surface area contributed by atoms with Gasteiger partial charge in [-0.3, -0.25) is 4.79 Å². The number of carboxylic acids is 1. The number of amides is 1. The zero-order valence-corrected chi connectivity index (χ0v) is 40.0. The first-order chi connectivity index (χ1) is 32.4. The number of aliphatic hydroxyl groups is 12. The molecule has 0 aromatic rings. The minimum Gasteiger partial charge on any atom is -0.477 e. The smallest absolute Gasteiger partial charge is 0.364 e. The second kappa shape index (κ2) is 31.0. The van der Waals surface area contributed by atoms with E-state index in [9.17, 15) is 76.0 Å². The Morgan fingerprint density at radius 3 is 1.75 bits per heavy atom. The first-order valence-corrected chi connectivity index (χ1v) is 24.8. The van der Waals surface area contributed by atoms with Gasteiger partial charge in [-0.25, -0.2) is 4.79 Å². The van der Waals surface area contributed by atoms with E-state index >= 15 is 0 Å². The van der Waals surface area contributed by atoms with Crippen molar-refractivity contribution in [3.63, 3.8) is 0 Å². The highest BCUT2D eigenvalue weighted by Gasteiger charge is 2.59. The van der Waals surface area contributed by atoms with Crippen LogP contribution in [-0.4, -0.2) is 215 Å². The molecule has 400 valence electrons. The molecule has 22 nitrogen and oxygen atoms in total. The summed E-state index contributed by atoms with van der Waals surface area (Å²) in [6, 6.07) is -1.20. The van der Waals surface area contributed by atoms with Gasteiger partial charge in [0.1, 0.15) is 67.1 Å². The first kappa shape index (κ1) is 60.5. The molecule has 3 saturated heterocycles. The largest absolute Gasteiger partial charge is 0.477 e. The van der Waals surface area contributed by atoms with Crippen LogP contribution in [0, 0.1) is 5.92 Å². The second-order valence-electron chi connectivity index (χ2n) is 18.8. The van der Waals surface area contributed by atoms with Crippen molar-refractivity contribution in [1.29, 1.82) is 0 Å². The molecule has 0 aliphatic carbocycles. The van der Waals surface area contributed by atoms with E-state index < -0.39 is 161 Å². The van der Waals surface area contributed by atoms with Gasteiger partial charge in [0.05, 0.1) is 50.8 Å². The van der Waals surface area contributed by atoms with Crippen molar-refractivity contribution in [3.8, 4) is 0 Å². The van der Waals surface area contributed by atoms with E-state index in [1.54, 1.807) is 6.92 Å². The van der Waals surface area contributed by atoms with Crippen LogP contribution in [0.3, 0.4) is 0 Å². The molecule has 1 amide bonds. The van der Waals surface area contributed by atoms with Gasteiger partial charge in [-0.2, -0.15) is 0 Å². The Hall–Kier alpha value is -1.78. The van der Waals surface area contributed by atoms with Crippen LogP contribution in [0.2, 0.25) is 0 Å². The van der Waals surface area contributed by atoms with Crippen molar-refractivity contribution in [3.05, 3.63) is 0 Å². The van der Waals surface area contributed by atoms with Crippen LogP contribution in [0.4, 0.5) is 0 Å². The van der Waals surface area contributed by atoms with E-state index in [2.05, 4.69) is 12.2 Å². The summed E-state index contributed by atoms with van der Waals surface area (Å²) in [5.74, 6) is -6.25. The van der Waals surface area contributed by atoms with Crippen molar-refractivity contribution < 1.29 is 104 Å². The van der Waals surface area contributed by atoms with Gasteiger partial charge in [-0.05, 0) is 12.8 Å². The van der Waals surface area contributed by atoms with Gasteiger partial charge < -0.3 is 100 Å². The molecule has 22 heteroatoms. The molecule has 3 aliphatic rings. The normalized spacial score (nSPS) is 34.5. The Labute approximate surface area is 399 Å². The van der Waals surface area contributed by atoms with Gasteiger partial charge in [0.25, 0.3) is 5.79 Å². The summed E-state index contributed by atoms with van der Waals surface area (Å²) in [6.07, 6.45) is -11.9. The van der Waals surface area contributed by atoms with Gasteiger partial charge in [-0.1, -0.05) is 111 Å². The van der Waals surface area contributed by atoms with Crippen molar-refractivity contribution in [2.24, 2.45) is 5.92 Å². The third-order valence-electron chi connectivity index (χ3n) is 13.5. The fourth-order valence-corrected chi connectivity index (χ4v) is 8.93. The molecule has 3 fully saturated rings. The maximum absolute atomic E-state index is 13.0. The maximum atomic E-state index is 13.0. The van der Waals surface area contributed by atoms with Gasteiger partial charge in [0, 0.05) is 18.8 Å². The second-order valence-corrected chi connectivity index (χ2v) is 18.8. The zero-order chi connectivity index (χ0) is 50.6. The molecule has 0 bridgehead atoms. The molecule has 6 unspecified atom stereocenters. The number of carbonyl (C=O) groups is 2. The third kappa shape index (κ3) is 17.5. The molecule has 0 aromatic carbocycles. The molecule has 68 heavy (non-hydrogen) atoms. The summed E-state index contributed by atoms with van der Waals surface area (Å²) in [5.41, 5.74) is 0. The summed E-state index contributed by atoms with van der Waals surface area (Å²) >= 11 is 0. The highest BCUT2D eigenvalue weighted by Crippen LogP contribution is 2.40. The number of ether oxygens (including phenoxy) is 6. The monoisotopic (exact) mass is 988 g/mol. The molecule has 3 heterocycles. The fourth-order valence-electron chi connectivity index (χ4n) is 8.93. The summed E-state index contributed by atoms with van der Waals surface area (Å²) in [4.78, 5) is 25.7. The number of carboxylic acid groups (broad SMARTS) is 1. The van der Waals surface area contributed by atoms with E-state index in [-0.39, 0.29) is 12.8 Å². The average molecular weight is 988 g/mol. The number of nitrogens with one attached hydrogen (secondary N) is 1. The van der Waals surface area contributed by atoms with Crippen LogP contribution in [0.15, 0.2) is 0 Å². The zero-order valence-electron chi connectivity index (χ0n) is 40.0. The standard InChI is InChI=1S/C46H85NO21/c1-4-6-7-8-9-10-11-12-13-14-15-16-17-18-19-20-33(54)47-27(34(55)28(51)5-2)25-63-43-38(59)37(58)41(32(24-50)65-43)66-44-39(60)42(36(57)31(23-49)64-44)68-46(45(61)62)21-29(52)26(3)40(67-46)35(56)30(53)22-48/h26-32,34-44,48-53,55-60H,4-25H2,1-3H3,(H,47,54)(H,61,62)/t26-,27-,28+,29?,30+,31?,32+,34-,35+,36-,37?,38?,39?,40+,41+,42-,43-,44-,46?/m0/s1. The molecular formula is C46H85NO21. The number of hydrogen-bond acceptors (Lipinski definition) is 20. The number of carbonyl (C=O) groups excluding carboxylic acids is 1. The Kier molecular flexibility index (Phi) is 27.6. The highest BCUT2D eigenvalue weighted by molar-refractivity contribution is 5.76. The summed E-state index contributed by atoms with van der Waals surface area (Å²) < 4.78 is 34.1. The number of hydrogen-bond donors (Lipinski definition) is 14. The molecule has 19 atom stereocenters. The molecule has 3 aliphatic heterocycles. The Morgan fingerprint density at radius 2 is 1.24 bits per heavy atom.